The minimum atomic E-state index is -3.75. The molecule has 0 aliphatic rings. The summed E-state index contributed by atoms with van der Waals surface area (Å²) in [6, 6.07) is 3.41. The highest BCUT2D eigenvalue weighted by Gasteiger charge is 2.23. The Morgan fingerprint density at radius 3 is 2.40 bits per heavy atom. The number of rotatable bonds is 3. The lowest BCUT2D eigenvalue weighted by Gasteiger charge is -2.14. The Kier molecular flexibility index (Phi) is 3.47. The smallest absolute Gasteiger partial charge is 0.264 e. The number of nitrogen functional groups attached to an aromatic ring is 1. The van der Waals surface area contributed by atoms with E-state index in [0.717, 1.165) is 5.56 Å². The summed E-state index contributed by atoms with van der Waals surface area (Å²) in [5.41, 5.74) is 9.32. The third kappa shape index (κ3) is 2.36. The van der Waals surface area contributed by atoms with Crippen LogP contribution in [-0.4, -0.2) is 18.6 Å². The number of H-pyrrole nitrogens is 1. The molecule has 2 rings (SSSR count). The molecule has 0 bridgehead atoms. The van der Waals surface area contributed by atoms with Gasteiger partial charge in [0.05, 0.1) is 22.8 Å². The minimum absolute atomic E-state index is 0.123. The van der Waals surface area contributed by atoms with Crippen molar-refractivity contribution in [3.8, 4) is 0 Å². The van der Waals surface area contributed by atoms with Crippen LogP contribution < -0.4 is 10.5 Å². The maximum atomic E-state index is 12.6. The first kappa shape index (κ1) is 14.4. The van der Waals surface area contributed by atoms with Crippen molar-refractivity contribution in [2.75, 3.05) is 10.5 Å². The molecule has 0 amide bonds. The molecule has 0 saturated carbocycles. The number of benzene rings is 1. The zero-order chi connectivity index (χ0) is 15.1. The van der Waals surface area contributed by atoms with Crippen LogP contribution in [0.3, 0.4) is 0 Å². The zero-order valence-corrected chi connectivity index (χ0v) is 12.7. The van der Waals surface area contributed by atoms with E-state index in [4.69, 9.17) is 5.73 Å². The molecule has 0 saturated heterocycles. The molecule has 1 aromatic carbocycles. The van der Waals surface area contributed by atoms with Crippen molar-refractivity contribution < 1.29 is 8.42 Å². The summed E-state index contributed by atoms with van der Waals surface area (Å²) in [5, 5.41) is 6.72. The van der Waals surface area contributed by atoms with Crippen molar-refractivity contribution in [1.82, 2.24) is 10.2 Å². The molecule has 1 heterocycles. The number of nitrogens with one attached hydrogen (secondary N) is 2. The van der Waals surface area contributed by atoms with Crippen molar-refractivity contribution in [2.24, 2.45) is 0 Å². The summed E-state index contributed by atoms with van der Waals surface area (Å²) in [6.45, 7) is 7.08. The van der Waals surface area contributed by atoms with Crippen molar-refractivity contribution >= 4 is 21.4 Å². The highest BCUT2D eigenvalue weighted by molar-refractivity contribution is 7.93. The highest BCUT2D eigenvalue weighted by Crippen LogP contribution is 2.28. The number of hydrogen-bond acceptors (Lipinski definition) is 4. The van der Waals surface area contributed by atoms with E-state index in [-0.39, 0.29) is 10.6 Å². The number of nitrogens with zero attached hydrogens (tertiary/aromatic N) is 1. The Balaban J connectivity index is 2.55. The average molecular weight is 294 g/mol. The Morgan fingerprint density at radius 2 is 1.85 bits per heavy atom. The van der Waals surface area contributed by atoms with Gasteiger partial charge in [0.15, 0.2) is 0 Å². The molecular formula is C13H18N4O2S. The fourth-order valence-corrected chi connectivity index (χ4v) is 3.67. The van der Waals surface area contributed by atoms with Gasteiger partial charge in [-0.2, -0.15) is 5.10 Å². The largest absolute Gasteiger partial charge is 0.398 e. The zero-order valence-electron chi connectivity index (χ0n) is 11.9. The van der Waals surface area contributed by atoms with Crippen LogP contribution in [0.4, 0.5) is 11.4 Å². The number of hydrogen-bond donors (Lipinski definition) is 3. The Labute approximate surface area is 118 Å². The Hall–Kier alpha value is -2.02. The maximum absolute atomic E-state index is 12.6. The fourth-order valence-electron chi connectivity index (χ4n) is 2.05. The summed E-state index contributed by atoms with van der Waals surface area (Å²) in [7, 11) is -3.75. The van der Waals surface area contributed by atoms with Gasteiger partial charge in [-0.15, -0.1) is 0 Å². The molecule has 6 nitrogen and oxygen atoms in total. The summed E-state index contributed by atoms with van der Waals surface area (Å²) in [4.78, 5) is 0.123. The second-order valence-electron chi connectivity index (χ2n) is 4.84. The molecule has 7 heteroatoms. The molecular weight excluding hydrogens is 276 g/mol. The van der Waals surface area contributed by atoms with Crippen molar-refractivity contribution in [3.63, 3.8) is 0 Å². The van der Waals surface area contributed by atoms with Crippen LogP contribution in [-0.2, 0) is 10.0 Å². The van der Waals surface area contributed by atoms with Crippen molar-refractivity contribution in [1.29, 1.82) is 0 Å². The Bertz CT molecular complexity index is 743. The average Bonchev–Trinajstić information content (AvgIpc) is 2.65. The number of nitrogens with two attached hydrogens (primary N) is 1. The predicted octanol–water partition coefficient (Wildman–Crippen LogP) is 2.03. The van der Waals surface area contributed by atoms with Gasteiger partial charge in [-0.05, 0) is 44.9 Å². The van der Waals surface area contributed by atoms with Crippen molar-refractivity contribution in [2.45, 2.75) is 32.6 Å². The molecule has 2 aromatic rings. The molecule has 108 valence electrons. The minimum Gasteiger partial charge on any atom is -0.398 e. The molecule has 20 heavy (non-hydrogen) atoms. The van der Waals surface area contributed by atoms with Gasteiger partial charge in [0, 0.05) is 0 Å². The van der Waals surface area contributed by atoms with E-state index in [1.807, 2.05) is 6.92 Å². The van der Waals surface area contributed by atoms with Gasteiger partial charge in [-0.25, -0.2) is 8.42 Å². The maximum Gasteiger partial charge on any atom is 0.264 e. The topological polar surface area (TPSA) is 101 Å². The van der Waals surface area contributed by atoms with Gasteiger partial charge in [0.25, 0.3) is 10.0 Å². The lowest BCUT2D eigenvalue weighted by atomic mass is 10.1. The van der Waals surface area contributed by atoms with E-state index < -0.39 is 10.0 Å². The summed E-state index contributed by atoms with van der Waals surface area (Å²) >= 11 is 0. The number of aromatic amines is 1. The standard InChI is InChI=1S/C13H18N4O2S/c1-7-5-6-11(14)13(8(7)2)20(18,19)17-12-9(3)15-16-10(12)4/h5-6,17H,14H2,1-4H3,(H,15,16). The van der Waals surface area contributed by atoms with Gasteiger partial charge in [0.1, 0.15) is 4.90 Å². The van der Waals surface area contributed by atoms with E-state index in [1.165, 1.54) is 0 Å². The van der Waals surface area contributed by atoms with Gasteiger partial charge >= 0.3 is 0 Å². The number of aryl methyl sites for hydroxylation is 3. The fraction of sp³-hybridized carbons (Fsp3) is 0.308. The van der Waals surface area contributed by atoms with Gasteiger partial charge < -0.3 is 5.73 Å². The van der Waals surface area contributed by atoms with Crippen LogP contribution in [0.5, 0.6) is 0 Å². The van der Waals surface area contributed by atoms with E-state index in [0.29, 0.717) is 22.6 Å². The third-order valence-corrected chi connectivity index (χ3v) is 4.89. The van der Waals surface area contributed by atoms with Crippen molar-refractivity contribution in [3.05, 3.63) is 34.6 Å². The van der Waals surface area contributed by atoms with Gasteiger partial charge in [-0.1, -0.05) is 6.07 Å². The monoisotopic (exact) mass is 294 g/mol. The molecule has 4 N–H and O–H groups in total. The second-order valence-corrected chi connectivity index (χ2v) is 6.46. The molecule has 0 atom stereocenters. The van der Waals surface area contributed by atoms with Gasteiger partial charge in [-0.3, -0.25) is 9.82 Å². The quantitative estimate of drug-likeness (QED) is 0.754. The number of aromatic nitrogens is 2. The first-order chi connectivity index (χ1) is 9.24. The Morgan fingerprint density at radius 1 is 1.20 bits per heavy atom. The molecule has 1 aromatic heterocycles. The first-order valence-electron chi connectivity index (χ1n) is 6.14. The van der Waals surface area contributed by atoms with E-state index in [2.05, 4.69) is 14.9 Å². The second kappa shape index (κ2) is 4.82. The lowest BCUT2D eigenvalue weighted by Crippen LogP contribution is -2.17. The molecule has 0 fully saturated rings. The third-order valence-electron chi connectivity index (χ3n) is 3.34. The molecule has 0 radical (unpaired) electrons. The molecule has 0 spiro atoms. The van der Waals surface area contributed by atoms with Crippen LogP contribution in [0, 0.1) is 27.7 Å². The first-order valence-corrected chi connectivity index (χ1v) is 7.62. The number of sulfonamides is 1. The predicted molar refractivity (Wildman–Crippen MR) is 79.2 cm³/mol. The normalized spacial score (nSPS) is 11.6. The summed E-state index contributed by atoms with van der Waals surface area (Å²) in [5.74, 6) is 0. The summed E-state index contributed by atoms with van der Waals surface area (Å²) < 4.78 is 27.7. The summed E-state index contributed by atoms with van der Waals surface area (Å²) in [6.07, 6.45) is 0. The van der Waals surface area contributed by atoms with E-state index in [9.17, 15) is 8.42 Å². The molecule has 0 aliphatic carbocycles. The van der Waals surface area contributed by atoms with Crippen LogP contribution >= 0.6 is 0 Å². The highest BCUT2D eigenvalue weighted by atomic mass is 32.2. The SMILES string of the molecule is Cc1ccc(N)c(S(=O)(=O)Nc2c(C)n[nH]c2C)c1C. The number of anilines is 2. The lowest BCUT2D eigenvalue weighted by molar-refractivity contribution is 0.601. The molecule has 0 aliphatic heterocycles. The van der Waals surface area contributed by atoms with Gasteiger partial charge in [0.2, 0.25) is 0 Å². The van der Waals surface area contributed by atoms with Crippen LogP contribution in [0.25, 0.3) is 0 Å². The van der Waals surface area contributed by atoms with Crippen LogP contribution in [0.15, 0.2) is 17.0 Å². The van der Waals surface area contributed by atoms with E-state index >= 15 is 0 Å². The van der Waals surface area contributed by atoms with Crippen LogP contribution in [0.1, 0.15) is 22.5 Å². The van der Waals surface area contributed by atoms with E-state index in [1.54, 1.807) is 32.9 Å². The van der Waals surface area contributed by atoms with Crippen LogP contribution in [0.2, 0.25) is 0 Å². The molecule has 0 unspecified atom stereocenters.